The normalized spacial score (nSPS) is 11.6. The Bertz CT molecular complexity index is 745. The van der Waals surface area contributed by atoms with Crippen molar-refractivity contribution in [2.45, 2.75) is 6.18 Å². The minimum Gasteiger partial charge on any atom is -0.868 e. The van der Waals surface area contributed by atoms with E-state index in [1.807, 2.05) is 0 Å². The highest BCUT2D eigenvalue weighted by atomic mass is 19.4. The number of aromatic nitrogens is 1. The molecule has 120 valence electrons. The molecule has 0 unspecified atom stereocenters. The first-order valence-corrected chi connectivity index (χ1v) is 6.05. The van der Waals surface area contributed by atoms with Crippen LogP contribution in [0.3, 0.4) is 0 Å². The van der Waals surface area contributed by atoms with Gasteiger partial charge in [-0.15, -0.1) is 0 Å². The summed E-state index contributed by atoms with van der Waals surface area (Å²) >= 11 is 0. The number of halogens is 3. The van der Waals surface area contributed by atoms with Crippen LogP contribution in [0.25, 0.3) is 0 Å². The van der Waals surface area contributed by atoms with Crippen molar-refractivity contribution >= 4 is 17.7 Å². The first-order chi connectivity index (χ1) is 10.8. The van der Waals surface area contributed by atoms with E-state index in [9.17, 15) is 28.4 Å². The van der Waals surface area contributed by atoms with Crippen LogP contribution in [-0.2, 0) is 6.18 Å². The summed E-state index contributed by atoms with van der Waals surface area (Å²) in [6, 6.07) is 5.30. The Morgan fingerprint density at radius 3 is 2.57 bits per heavy atom. The molecule has 0 bridgehead atoms. The van der Waals surface area contributed by atoms with E-state index in [1.165, 1.54) is 12.3 Å². The summed E-state index contributed by atoms with van der Waals surface area (Å²) in [6.07, 6.45) is -2.66. The molecule has 10 heteroatoms. The third-order valence-electron chi connectivity index (χ3n) is 2.66. The Morgan fingerprint density at radius 1 is 1.26 bits per heavy atom. The number of rotatable bonds is 4. The minimum atomic E-state index is -4.48. The van der Waals surface area contributed by atoms with Gasteiger partial charge in [0.15, 0.2) is 0 Å². The highest BCUT2D eigenvalue weighted by Crippen LogP contribution is 2.28. The molecule has 1 N–H and O–H groups in total. The third kappa shape index (κ3) is 4.15. The smallest absolute Gasteiger partial charge is 0.417 e. The summed E-state index contributed by atoms with van der Waals surface area (Å²) in [5.41, 5.74) is 1.16. The highest BCUT2D eigenvalue weighted by Gasteiger charge is 2.30. The number of benzene rings is 1. The largest absolute Gasteiger partial charge is 0.868 e. The Morgan fingerprint density at radius 2 is 2.00 bits per heavy atom. The SMILES string of the molecule is O=[N+]([O-])c1cc(/C=N\Nc2ccc(C(F)(F)F)cn2)ccc1[O-]. The van der Waals surface area contributed by atoms with E-state index < -0.39 is 28.1 Å². The number of alkyl halides is 3. The Labute approximate surface area is 127 Å². The van der Waals surface area contributed by atoms with Gasteiger partial charge < -0.3 is 5.11 Å². The highest BCUT2D eigenvalue weighted by molar-refractivity contribution is 5.81. The molecule has 1 aromatic carbocycles. The average molecular weight is 325 g/mol. The van der Waals surface area contributed by atoms with Gasteiger partial charge in [0.2, 0.25) is 0 Å². The maximum atomic E-state index is 12.4. The van der Waals surface area contributed by atoms with Crippen molar-refractivity contribution in [2.75, 3.05) is 5.43 Å². The van der Waals surface area contributed by atoms with E-state index in [1.54, 1.807) is 0 Å². The molecule has 23 heavy (non-hydrogen) atoms. The van der Waals surface area contributed by atoms with Gasteiger partial charge in [0.1, 0.15) is 5.82 Å². The zero-order chi connectivity index (χ0) is 17.0. The molecule has 0 aliphatic heterocycles. The Hall–Kier alpha value is -3.17. The fraction of sp³-hybridized carbons (Fsp3) is 0.0769. The Balaban J connectivity index is 2.07. The van der Waals surface area contributed by atoms with Crippen LogP contribution in [0.15, 0.2) is 41.6 Å². The van der Waals surface area contributed by atoms with Gasteiger partial charge in [-0.05, 0) is 17.9 Å². The second-order valence-corrected chi connectivity index (χ2v) is 4.28. The van der Waals surface area contributed by atoms with Crippen LogP contribution >= 0.6 is 0 Å². The topological polar surface area (TPSA) is 103 Å². The van der Waals surface area contributed by atoms with Gasteiger partial charge in [-0.1, -0.05) is 12.1 Å². The van der Waals surface area contributed by atoms with E-state index in [-0.39, 0.29) is 11.4 Å². The molecule has 2 rings (SSSR count). The molecule has 0 saturated heterocycles. The first-order valence-electron chi connectivity index (χ1n) is 6.05. The lowest BCUT2D eigenvalue weighted by Gasteiger charge is -2.07. The predicted octanol–water partition coefficient (Wildman–Crippen LogP) is 2.53. The quantitative estimate of drug-likeness (QED) is 0.528. The van der Waals surface area contributed by atoms with Crippen molar-refractivity contribution in [3.05, 3.63) is 57.8 Å². The predicted molar refractivity (Wildman–Crippen MR) is 73.0 cm³/mol. The molecule has 7 nitrogen and oxygen atoms in total. The lowest BCUT2D eigenvalue weighted by molar-refractivity contribution is -0.398. The number of nitrogens with one attached hydrogen (secondary N) is 1. The second-order valence-electron chi connectivity index (χ2n) is 4.28. The summed E-state index contributed by atoms with van der Waals surface area (Å²) in [4.78, 5) is 13.3. The molecule has 1 heterocycles. The number of anilines is 1. The van der Waals surface area contributed by atoms with Crippen LogP contribution in [-0.4, -0.2) is 16.1 Å². The first kappa shape index (κ1) is 16.2. The maximum absolute atomic E-state index is 12.4. The van der Waals surface area contributed by atoms with Crippen LogP contribution < -0.4 is 10.5 Å². The average Bonchev–Trinajstić information content (AvgIpc) is 2.48. The van der Waals surface area contributed by atoms with Gasteiger partial charge in [0.25, 0.3) is 5.69 Å². The van der Waals surface area contributed by atoms with Crippen molar-refractivity contribution in [3.8, 4) is 5.75 Å². The number of nitro benzene ring substituents is 1. The molecule has 0 aliphatic rings. The molecular weight excluding hydrogens is 317 g/mol. The monoisotopic (exact) mass is 325 g/mol. The summed E-state index contributed by atoms with van der Waals surface area (Å²) in [5, 5.41) is 25.5. The maximum Gasteiger partial charge on any atom is 0.417 e. The molecule has 0 fully saturated rings. The lowest BCUT2D eigenvalue weighted by Crippen LogP contribution is -2.05. The summed E-state index contributed by atoms with van der Waals surface area (Å²) < 4.78 is 37.1. The van der Waals surface area contributed by atoms with Gasteiger partial charge in [-0.25, -0.2) is 4.98 Å². The van der Waals surface area contributed by atoms with Crippen molar-refractivity contribution in [2.24, 2.45) is 5.10 Å². The van der Waals surface area contributed by atoms with Gasteiger partial charge >= 0.3 is 6.18 Å². The summed E-state index contributed by atoms with van der Waals surface area (Å²) in [6.45, 7) is 0. The number of hydrogen-bond acceptors (Lipinski definition) is 6. The van der Waals surface area contributed by atoms with Crippen LogP contribution in [0.5, 0.6) is 5.75 Å². The number of hydrogen-bond donors (Lipinski definition) is 1. The number of nitro groups is 1. The molecule has 0 atom stereocenters. The molecule has 0 radical (unpaired) electrons. The van der Waals surface area contributed by atoms with Crippen molar-refractivity contribution < 1.29 is 23.2 Å². The molecule has 2 aromatic rings. The second kappa shape index (κ2) is 6.30. The van der Waals surface area contributed by atoms with Crippen molar-refractivity contribution in [3.63, 3.8) is 0 Å². The fourth-order valence-electron chi connectivity index (χ4n) is 1.56. The molecule has 0 spiro atoms. The van der Waals surface area contributed by atoms with Gasteiger partial charge in [-0.2, -0.15) is 18.3 Å². The van der Waals surface area contributed by atoms with E-state index in [4.69, 9.17) is 0 Å². The van der Waals surface area contributed by atoms with Gasteiger partial charge in [0.05, 0.1) is 16.7 Å². The van der Waals surface area contributed by atoms with Gasteiger partial charge in [-0.3, -0.25) is 15.5 Å². The Kier molecular flexibility index (Phi) is 4.44. The standard InChI is InChI=1S/C13H9F3N4O3/c14-13(15,16)9-2-4-12(17-7-9)19-18-6-8-1-3-11(21)10(5-8)20(22)23/h1-7,21H,(H,17,19)/p-1/b18-6-. The summed E-state index contributed by atoms with van der Waals surface area (Å²) in [7, 11) is 0. The minimum absolute atomic E-state index is 0.0594. The molecule has 0 saturated carbocycles. The van der Waals surface area contributed by atoms with E-state index in [0.29, 0.717) is 6.20 Å². The lowest BCUT2D eigenvalue weighted by atomic mass is 10.2. The molecule has 1 aromatic heterocycles. The fourth-order valence-corrected chi connectivity index (χ4v) is 1.56. The van der Waals surface area contributed by atoms with Crippen LogP contribution in [0.2, 0.25) is 0 Å². The van der Waals surface area contributed by atoms with Crippen molar-refractivity contribution in [1.82, 2.24) is 4.98 Å². The molecular formula is C13H8F3N4O3-. The molecule has 0 amide bonds. The number of hydrazone groups is 1. The third-order valence-corrected chi connectivity index (χ3v) is 2.66. The van der Waals surface area contributed by atoms with E-state index >= 15 is 0 Å². The van der Waals surface area contributed by atoms with E-state index in [0.717, 1.165) is 24.3 Å². The van der Waals surface area contributed by atoms with Crippen LogP contribution in [0.4, 0.5) is 24.7 Å². The summed E-state index contributed by atoms with van der Waals surface area (Å²) in [5.74, 6) is -0.672. The van der Waals surface area contributed by atoms with Crippen LogP contribution in [0.1, 0.15) is 11.1 Å². The number of pyridine rings is 1. The number of nitrogens with zero attached hydrogens (tertiary/aromatic N) is 3. The van der Waals surface area contributed by atoms with Gasteiger partial charge in [0, 0.05) is 17.8 Å². The van der Waals surface area contributed by atoms with E-state index in [2.05, 4.69) is 15.5 Å². The zero-order valence-electron chi connectivity index (χ0n) is 11.2. The van der Waals surface area contributed by atoms with Crippen molar-refractivity contribution in [1.29, 1.82) is 0 Å². The molecule has 0 aliphatic carbocycles. The zero-order valence-corrected chi connectivity index (χ0v) is 11.2. The van der Waals surface area contributed by atoms with Crippen LogP contribution in [0, 0.1) is 10.1 Å².